The molecule has 0 amide bonds. The topological polar surface area (TPSA) is 111 Å². The largest absolute Gasteiger partial charge is 0.393 e. The minimum atomic E-state index is -1.68. The zero-order valence-corrected chi connectivity index (χ0v) is 11.9. The summed E-state index contributed by atoms with van der Waals surface area (Å²) in [6.45, 7) is -1.72. The lowest BCUT2D eigenvalue weighted by Crippen LogP contribution is -2.45. The van der Waals surface area contributed by atoms with E-state index in [-0.39, 0.29) is 12.2 Å². The summed E-state index contributed by atoms with van der Waals surface area (Å²) in [5.41, 5.74) is 3.17. The van der Waals surface area contributed by atoms with Gasteiger partial charge in [0.25, 0.3) is 0 Å². The number of hydrogen-bond acceptors (Lipinski definition) is 6. The second kappa shape index (κ2) is 5.31. The molecule has 0 spiro atoms. The first-order valence-corrected chi connectivity index (χ1v) is 6.58. The number of ether oxygens (including phenoxy) is 1. The molecule has 0 aromatic carbocycles. The Labute approximate surface area is 121 Å². The lowest BCUT2D eigenvalue weighted by atomic mass is 10.00. The first-order valence-electron chi connectivity index (χ1n) is 5.50. The molecule has 1 aromatic rings. The van der Waals surface area contributed by atoms with Crippen LogP contribution in [0.4, 0.5) is 10.2 Å². The van der Waals surface area contributed by atoms with Crippen LogP contribution in [0, 0.1) is 3.57 Å². The molecular weight excluding hydrogens is 372 g/mol. The van der Waals surface area contributed by atoms with E-state index in [4.69, 9.17) is 10.5 Å². The van der Waals surface area contributed by atoms with Gasteiger partial charge < -0.3 is 20.7 Å². The summed E-state index contributed by atoms with van der Waals surface area (Å²) in [4.78, 5) is 15.3. The predicted molar refractivity (Wildman–Crippen MR) is 72.2 cm³/mol. The number of aromatic nitrogens is 2. The molecule has 1 aliphatic rings. The van der Waals surface area contributed by atoms with Gasteiger partial charge in [0.15, 0.2) is 0 Å². The smallest absolute Gasteiger partial charge is 0.351 e. The van der Waals surface area contributed by atoms with Crippen molar-refractivity contribution in [3.8, 4) is 0 Å². The van der Waals surface area contributed by atoms with Crippen LogP contribution in [-0.2, 0) is 4.74 Å². The van der Waals surface area contributed by atoms with E-state index in [1.165, 1.54) is 6.20 Å². The molecule has 1 fully saturated rings. The third-order valence-electron chi connectivity index (χ3n) is 3.14. The Morgan fingerprint density at radius 1 is 1.74 bits per heavy atom. The van der Waals surface area contributed by atoms with Crippen LogP contribution in [-0.4, -0.2) is 44.8 Å². The summed E-state index contributed by atoms with van der Waals surface area (Å²) in [7, 11) is 0. The second-order valence-corrected chi connectivity index (χ2v) is 5.51. The number of anilines is 1. The fourth-order valence-electron chi connectivity index (χ4n) is 1.94. The number of aliphatic hydroxyl groups is 2. The Kier molecular flexibility index (Phi) is 4.08. The Morgan fingerprint density at radius 3 is 2.95 bits per heavy atom. The summed E-state index contributed by atoms with van der Waals surface area (Å²) in [5, 5.41) is 19.0. The minimum absolute atomic E-state index is 0.00787. The van der Waals surface area contributed by atoms with Gasteiger partial charge in [0.05, 0.1) is 16.3 Å². The van der Waals surface area contributed by atoms with Crippen LogP contribution in [0.2, 0.25) is 0 Å². The highest BCUT2D eigenvalue weighted by molar-refractivity contribution is 14.1. The van der Waals surface area contributed by atoms with Crippen LogP contribution in [0.25, 0.3) is 0 Å². The third-order valence-corrected chi connectivity index (χ3v) is 3.97. The summed E-state index contributed by atoms with van der Waals surface area (Å²) >= 11 is 1.90. The molecule has 2 rings (SSSR count). The molecule has 106 valence electrons. The molecule has 3 atom stereocenters. The van der Waals surface area contributed by atoms with E-state index in [0.29, 0.717) is 3.57 Å². The van der Waals surface area contributed by atoms with Crippen molar-refractivity contribution in [1.29, 1.82) is 0 Å². The van der Waals surface area contributed by atoms with Gasteiger partial charge in [0.2, 0.25) is 0 Å². The Bertz CT molecular complexity index is 534. The van der Waals surface area contributed by atoms with Gasteiger partial charge in [-0.25, -0.2) is 9.18 Å². The normalized spacial score (nSPS) is 30.7. The first-order chi connectivity index (χ1) is 8.93. The zero-order chi connectivity index (χ0) is 14.2. The molecule has 2 heterocycles. The van der Waals surface area contributed by atoms with E-state index >= 15 is 0 Å². The SMILES string of the molecule is Nc1nc(=O)n([C@H]2C[C@H](O)[C@](CO)(CF)O2)cc1I. The van der Waals surface area contributed by atoms with Gasteiger partial charge in [-0.3, -0.25) is 4.57 Å². The van der Waals surface area contributed by atoms with E-state index in [1.54, 1.807) is 0 Å². The van der Waals surface area contributed by atoms with E-state index in [9.17, 15) is 19.4 Å². The molecule has 0 aliphatic carbocycles. The molecule has 0 saturated carbocycles. The highest BCUT2D eigenvalue weighted by Crippen LogP contribution is 2.36. The molecule has 4 N–H and O–H groups in total. The molecule has 1 aliphatic heterocycles. The highest BCUT2D eigenvalue weighted by Gasteiger charge is 2.49. The zero-order valence-electron chi connectivity index (χ0n) is 9.79. The second-order valence-electron chi connectivity index (χ2n) is 4.34. The summed E-state index contributed by atoms with van der Waals surface area (Å²) < 4.78 is 20.0. The Hall–Kier alpha value is -0.780. The quantitative estimate of drug-likeness (QED) is 0.600. The number of nitrogens with zero attached hydrogens (tertiary/aromatic N) is 2. The number of alkyl halides is 1. The maximum absolute atomic E-state index is 13.0. The molecule has 9 heteroatoms. The predicted octanol–water partition coefficient (Wildman–Crippen LogP) is -0.590. The maximum Gasteiger partial charge on any atom is 0.351 e. The van der Waals surface area contributed by atoms with E-state index in [1.807, 2.05) is 22.6 Å². The fourth-order valence-corrected chi connectivity index (χ4v) is 2.36. The number of hydrogen-bond donors (Lipinski definition) is 3. The number of nitrogen functional groups attached to an aromatic ring is 1. The van der Waals surface area contributed by atoms with Crippen molar-refractivity contribution >= 4 is 28.4 Å². The van der Waals surface area contributed by atoms with Crippen molar-refractivity contribution in [2.75, 3.05) is 19.0 Å². The van der Waals surface area contributed by atoms with Crippen molar-refractivity contribution in [3.05, 3.63) is 20.3 Å². The van der Waals surface area contributed by atoms with E-state index < -0.39 is 36.9 Å². The van der Waals surface area contributed by atoms with Gasteiger partial charge in [0, 0.05) is 12.6 Å². The standard InChI is InChI=1S/C10H13FIN3O4/c11-3-10(4-16)6(17)1-7(19-10)15-2-5(12)8(13)14-9(15)18/h2,6-7,16-17H,1,3-4H2,(H2,13,14,18)/t6-,7+,10+/m0/s1. The van der Waals surface area contributed by atoms with Crippen molar-refractivity contribution in [3.63, 3.8) is 0 Å². The van der Waals surface area contributed by atoms with Gasteiger partial charge in [-0.2, -0.15) is 4.98 Å². The summed E-state index contributed by atoms with van der Waals surface area (Å²) in [6, 6.07) is 0. The van der Waals surface area contributed by atoms with Crippen molar-refractivity contribution in [2.24, 2.45) is 0 Å². The fraction of sp³-hybridized carbons (Fsp3) is 0.600. The van der Waals surface area contributed by atoms with Gasteiger partial charge in [-0.1, -0.05) is 0 Å². The van der Waals surface area contributed by atoms with E-state index in [0.717, 1.165) is 4.57 Å². The lowest BCUT2D eigenvalue weighted by molar-refractivity contribution is -0.138. The average Bonchev–Trinajstić information content (AvgIpc) is 2.71. The van der Waals surface area contributed by atoms with Gasteiger partial charge in [-0.15, -0.1) is 0 Å². The van der Waals surface area contributed by atoms with Crippen LogP contribution in [0.3, 0.4) is 0 Å². The van der Waals surface area contributed by atoms with Crippen LogP contribution < -0.4 is 11.4 Å². The average molecular weight is 385 g/mol. The molecular formula is C10H13FIN3O4. The van der Waals surface area contributed by atoms with Crippen LogP contribution in [0.1, 0.15) is 12.6 Å². The lowest BCUT2D eigenvalue weighted by Gasteiger charge is -2.26. The minimum Gasteiger partial charge on any atom is -0.393 e. The first kappa shape index (κ1) is 14.6. The Morgan fingerprint density at radius 2 is 2.42 bits per heavy atom. The van der Waals surface area contributed by atoms with Crippen molar-refractivity contribution < 1.29 is 19.3 Å². The molecule has 0 radical (unpaired) electrons. The third kappa shape index (κ3) is 2.47. The molecule has 1 saturated heterocycles. The molecule has 1 aromatic heterocycles. The van der Waals surface area contributed by atoms with Crippen molar-refractivity contribution in [2.45, 2.75) is 24.4 Å². The number of aliphatic hydroxyl groups excluding tert-OH is 2. The number of halogens is 2. The van der Waals surface area contributed by atoms with Crippen molar-refractivity contribution in [1.82, 2.24) is 9.55 Å². The highest BCUT2D eigenvalue weighted by atomic mass is 127. The van der Waals surface area contributed by atoms with Crippen LogP contribution in [0.15, 0.2) is 11.0 Å². The maximum atomic E-state index is 13.0. The molecule has 7 nitrogen and oxygen atoms in total. The monoisotopic (exact) mass is 385 g/mol. The summed E-state index contributed by atoms with van der Waals surface area (Å²) in [5.74, 6) is 0.0966. The van der Waals surface area contributed by atoms with Gasteiger partial charge in [0.1, 0.15) is 24.3 Å². The van der Waals surface area contributed by atoms with Crippen LogP contribution >= 0.6 is 22.6 Å². The number of nitrogens with two attached hydrogens (primary N) is 1. The molecule has 0 bridgehead atoms. The van der Waals surface area contributed by atoms with Gasteiger partial charge in [-0.05, 0) is 22.6 Å². The molecule has 0 unspecified atom stereocenters. The molecule has 19 heavy (non-hydrogen) atoms. The van der Waals surface area contributed by atoms with Gasteiger partial charge >= 0.3 is 5.69 Å². The van der Waals surface area contributed by atoms with Crippen LogP contribution in [0.5, 0.6) is 0 Å². The Balaban J connectivity index is 2.36. The van der Waals surface area contributed by atoms with E-state index in [2.05, 4.69) is 4.98 Å². The number of rotatable bonds is 3. The summed E-state index contributed by atoms with van der Waals surface area (Å²) in [6.07, 6.45) is -0.665.